The van der Waals surface area contributed by atoms with Crippen LogP contribution in [-0.2, 0) is 20.7 Å². The molecular weight excluding hydrogens is 516 g/mol. The molecule has 3 aromatic rings. The Hall–Kier alpha value is -4.51. The van der Waals surface area contributed by atoms with Crippen molar-refractivity contribution < 1.29 is 33.3 Å². The van der Waals surface area contributed by atoms with Crippen LogP contribution in [0.3, 0.4) is 0 Å². The summed E-state index contributed by atoms with van der Waals surface area (Å²) in [5, 5.41) is 2.72. The molecule has 1 fully saturated rings. The fraction of sp³-hybridized carbons (Fsp3) is 0.345. The summed E-state index contributed by atoms with van der Waals surface area (Å²) in [5.41, 5.74) is 1.46. The zero-order valence-electron chi connectivity index (χ0n) is 22.7. The molecule has 40 heavy (non-hydrogen) atoms. The summed E-state index contributed by atoms with van der Waals surface area (Å²) in [4.78, 5) is 47.7. The van der Waals surface area contributed by atoms with E-state index in [2.05, 4.69) is 20.0 Å². The highest BCUT2D eigenvalue weighted by Gasteiger charge is 2.20. The second-order valence-electron chi connectivity index (χ2n) is 9.30. The van der Waals surface area contributed by atoms with Gasteiger partial charge in [0.2, 0.25) is 11.8 Å². The molecule has 0 aliphatic carbocycles. The number of anilines is 1. The minimum Gasteiger partial charge on any atom is -0.472 e. The predicted molar refractivity (Wildman–Crippen MR) is 146 cm³/mol. The molecule has 1 atom stereocenters. The van der Waals surface area contributed by atoms with E-state index in [9.17, 15) is 14.4 Å². The van der Waals surface area contributed by atoms with Crippen molar-refractivity contribution in [3.05, 3.63) is 71.4 Å². The van der Waals surface area contributed by atoms with Crippen molar-refractivity contribution in [2.75, 3.05) is 39.2 Å². The molecule has 2 aromatic heterocycles. The minimum absolute atomic E-state index is 0.00408. The highest BCUT2D eigenvalue weighted by molar-refractivity contribution is 6.04. The van der Waals surface area contributed by atoms with Crippen molar-refractivity contribution in [1.82, 2.24) is 14.9 Å². The van der Waals surface area contributed by atoms with Crippen LogP contribution in [0.2, 0.25) is 0 Å². The maximum Gasteiger partial charge on any atom is 0.310 e. The van der Waals surface area contributed by atoms with E-state index in [0.717, 1.165) is 25.9 Å². The van der Waals surface area contributed by atoms with E-state index < -0.39 is 5.91 Å². The van der Waals surface area contributed by atoms with E-state index in [1.807, 2.05) is 11.8 Å². The fourth-order valence-electron chi connectivity index (χ4n) is 4.12. The third kappa shape index (κ3) is 7.76. The predicted octanol–water partition coefficient (Wildman–Crippen LogP) is 3.89. The van der Waals surface area contributed by atoms with Gasteiger partial charge in [-0.05, 0) is 55.7 Å². The summed E-state index contributed by atoms with van der Waals surface area (Å²) in [6, 6.07) is 13.0. The number of pyridine rings is 2. The van der Waals surface area contributed by atoms with Crippen molar-refractivity contribution in [3.8, 4) is 17.5 Å². The van der Waals surface area contributed by atoms with E-state index in [4.69, 9.17) is 14.2 Å². The average molecular weight is 549 g/mol. The molecule has 210 valence electrons. The van der Waals surface area contributed by atoms with Crippen LogP contribution in [0.25, 0.3) is 0 Å². The molecule has 0 unspecified atom stereocenters. The number of amides is 2. The first-order chi connectivity index (χ1) is 19.3. The smallest absolute Gasteiger partial charge is 0.310 e. The molecule has 0 spiro atoms. The topological polar surface area (TPSA) is 129 Å². The molecular formula is C29H32N4O7. The van der Waals surface area contributed by atoms with Crippen molar-refractivity contribution >= 4 is 23.6 Å². The van der Waals surface area contributed by atoms with Gasteiger partial charge in [-0.2, -0.15) is 4.98 Å². The number of rotatable bonds is 11. The van der Waals surface area contributed by atoms with Gasteiger partial charge in [-0.15, -0.1) is 0 Å². The molecule has 0 bridgehead atoms. The Kier molecular flexibility index (Phi) is 9.63. The van der Waals surface area contributed by atoms with Crippen molar-refractivity contribution in [2.45, 2.75) is 32.3 Å². The Balaban J connectivity index is 1.50. The van der Waals surface area contributed by atoms with Crippen LogP contribution < -0.4 is 14.8 Å². The van der Waals surface area contributed by atoms with Gasteiger partial charge in [0.25, 0.3) is 11.8 Å². The van der Waals surface area contributed by atoms with Gasteiger partial charge in [-0.1, -0.05) is 6.07 Å². The highest BCUT2D eigenvalue weighted by Crippen LogP contribution is 2.26. The number of benzene rings is 1. The molecule has 1 N–H and O–H groups in total. The standard InChI is InChI=1S/C29H32N4O7/c1-19(18-37-2)39-25-15-22(28(35)31-24-11-6-20(17-30-24)14-27(34)38-3)16-26(32-25)40-23-9-7-21(8-10-23)29(36)33-12-4-5-13-33/h6-11,15-17,19H,4-5,12-14,18H2,1-3H3,(H,30,31,35)/t19-/m1/s1. The molecule has 3 heterocycles. The molecule has 1 saturated heterocycles. The molecule has 4 rings (SSSR count). The SMILES string of the molecule is COC[C@@H](C)Oc1cc(C(=O)Nc2ccc(CC(=O)OC)cn2)cc(Oc2ccc(C(=O)N3CCCC3)cc2)n1. The van der Waals surface area contributed by atoms with Crippen LogP contribution in [0.1, 0.15) is 46.0 Å². The third-order valence-corrected chi connectivity index (χ3v) is 6.12. The first kappa shape index (κ1) is 28.5. The summed E-state index contributed by atoms with van der Waals surface area (Å²) in [7, 11) is 2.88. The van der Waals surface area contributed by atoms with Gasteiger partial charge in [0.1, 0.15) is 17.7 Å². The monoisotopic (exact) mass is 548 g/mol. The number of hydrogen-bond acceptors (Lipinski definition) is 9. The highest BCUT2D eigenvalue weighted by atomic mass is 16.5. The van der Waals surface area contributed by atoms with E-state index in [-0.39, 0.29) is 41.7 Å². The lowest BCUT2D eigenvalue weighted by molar-refractivity contribution is -0.139. The van der Waals surface area contributed by atoms with E-state index >= 15 is 0 Å². The molecule has 11 heteroatoms. The average Bonchev–Trinajstić information content (AvgIpc) is 3.49. The summed E-state index contributed by atoms with van der Waals surface area (Å²) in [5.74, 6) is 0.202. The van der Waals surface area contributed by atoms with Gasteiger partial charge in [0.05, 0.1) is 25.7 Å². The molecule has 0 saturated carbocycles. The number of aromatic nitrogens is 2. The van der Waals surface area contributed by atoms with Crippen molar-refractivity contribution in [2.24, 2.45) is 0 Å². The molecule has 1 aliphatic heterocycles. The number of likely N-dealkylation sites (tertiary alicyclic amines) is 1. The van der Waals surface area contributed by atoms with Crippen LogP contribution in [0, 0.1) is 0 Å². The fourth-order valence-corrected chi connectivity index (χ4v) is 4.12. The quantitative estimate of drug-likeness (QED) is 0.355. The van der Waals surface area contributed by atoms with Gasteiger partial charge in [0.15, 0.2) is 0 Å². The maximum absolute atomic E-state index is 13.1. The normalized spacial score (nSPS) is 13.4. The van der Waals surface area contributed by atoms with Crippen LogP contribution in [0.5, 0.6) is 17.5 Å². The Morgan fingerprint density at radius 2 is 1.70 bits per heavy atom. The second-order valence-corrected chi connectivity index (χ2v) is 9.30. The van der Waals surface area contributed by atoms with Gasteiger partial charge < -0.3 is 29.2 Å². The minimum atomic E-state index is -0.462. The number of hydrogen-bond donors (Lipinski definition) is 1. The Bertz CT molecular complexity index is 1320. The number of methoxy groups -OCH3 is 2. The molecule has 11 nitrogen and oxygen atoms in total. The third-order valence-electron chi connectivity index (χ3n) is 6.12. The van der Waals surface area contributed by atoms with E-state index in [0.29, 0.717) is 29.3 Å². The van der Waals surface area contributed by atoms with Crippen LogP contribution in [0.4, 0.5) is 5.82 Å². The van der Waals surface area contributed by atoms with Gasteiger partial charge in [-0.25, -0.2) is 4.98 Å². The number of carbonyl (C=O) groups is 3. The van der Waals surface area contributed by atoms with Crippen LogP contribution in [-0.4, -0.2) is 72.7 Å². The first-order valence-corrected chi connectivity index (χ1v) is 12.9. The van der Waals surface area contributed by atoms with Crippen molar-refractivity contribution in [1.29, 1.82) is 0 Å². The van der Waals surface area contributed by atoms with Crippen LogP contribution in [0.15, 0.2) is 54.7 Å². The zero-order valence-corrected chi connectivity index (χ0v) is 22.7. The Morgan fingerprint density at radius 1 is 0.975 bits per heavy atom. The van der Waals surface area contributed by atoms with Crippen molar-refractivity contribution in [3.63, 3.8) is 0 Å². The molecule has 1 aliphatic rings. The van der Waals surface area contributed by atoms with Gasteiger partial charge in [-0.3, -0.25) is 14.4 Å². The number of esters is 1. The lowest BCUT2D eigenvalue weighted by atomic mass is 10.2. The zero-order chi connectivity index (χ0) is 28.5. The number of nitrogens with zero attached hydrogens (tertiary/aromatic N) is 3. The Morgan fingerprint density at radius 3 is 2.35 bits per heavy atom. The van der Waals surface area contributed by atoms with Gasteiger partial charge >= 0.3 is 5.97 Å². The number of ether oxygens (including phenoxy) is 4. The molecule has 0 radical (unpaired) electrons. The largest absolute Gasteiger partial charge is 0.472 e. The molecule has 2 amide bonds. The maximum atomic E-state index is 13.1. The number of nitrogens with one attached hydrogen (secondary N) is 1. The Labute approximate surface area is 232 Å². The summed E-state index contributed by atoms with van der Waals surface area (Å²) < 4.78 is 21.6. The first-order valence-electron chi connectivity index (χ1n) is 12.9. The lowest BCUT2D eigenvalue weighted by Gasteiger charge is -2.16. The van der Waals surface area contributed by atoms with E-state index in [1.165, 1.54) is 25.4 Å². The summed E-state index contributed by atoms with van der Waals surface area (Å²) in [6.45, 7) is 3.68. The van der Waals surface area contributed by atoms with E-state index in [1.54, 1.807) is 43.5 Å². The van der Waals surface area contributed by atoms with Crippen LogP contribution >= 0.6 is 0 Å². The summed E-state index contributed by atoms with van der Waals surface area (Å²) in [6.07, 6.45) is 3.28. The second kappa shape index (κ2) is 13.5. The van der Waals surface area contributed by atoms with Gasteiger partial charge in [0, 0.05) is 44.1 Å². The summed E-state index contributed by atoms with van der Waals surface area (Å²) >= 11 is 0. The lowest BCUT2D eigenvalue weighted by Crippen LogP contribution is -2.27. The number of carbonyl (C=O) groups excluding carboxylic acids is 3. The molecule has 1 aromatic carbocycles.